The van der Waals surface area contributed by atoms with Gasteiger partial charge in [0.2, 0.25) is 0 Å². The smallest absolute Gasteiger partial charge is 0.257 e. The van der Waals surface area contributed by atoms with Crippen LogP contribution in [0.15, 0.2) is 18.2 Å². The van der Waals surface area contributed by atoms with Crippen LogP contribution in [0.2, 0.25) is 0 Å². The molecule has 0 spiro atoms. The Balaban J connectivity index is 2.03. The summed E-state index contributed by atoms with van der Waals surface area (Å²) in [4.78, 5) is 11.3. The first-order valence-electron chi connectivity index (χ1n) is 8.28. The summed E-state index contributed by atoms with van der Waals surface area (Å²) in [5.74, 6) is 1.46. The van der Waals surface area contributed by atoms with E-state index < -0.39 is 0 Å². The van der Waals surface area contributed by atoms with Gasteiger partial charge in [-0.3, -0.25) is 4.90 Å². The molecule has 1 aromatic heterocycles. The second-order valence-electron chi connectivity index (χ2n) is 5.96. The number of rotatable bonds is 5. The summed E-state index contributed by atoms with van der Waals surface area (Å²) >= 11 is 0. The fraction of sp³-hybridized carbons (Fsp3) is 0.444. The third kappa shape index (κ3) is 3.83. The van der Waals surface area contributed by atoms with E-state index >= 15 is 0 Å². The summed E-state index contributed by atoms with van der Waals surface area (Å²) in [6.45, 7) is 6.03. The van der Waals surface area contributed by atoms with Gasteiger partial charge in [-0.15, -0.1) is 0 Å². The molecule has 1 fully saturated rings. The number of anilines is 1. The van der Waals surface area contributed by atoms with E-state index in [0.717, 1.165) is 61.1 Å². The van der Waals surface area contributed by atoms with E-state index in [9.17, 15) is 0 Å². The normalized spacial score (nSPS) is 15.2. The van der Waals surface area contributed by atoms with Gasteiger partial charge < -0.3 is 19.9 Å². The minimum atomic E-state index is 0.298. The number of aromatic nitrogens is 2. The van der Waals surface area contributed by atoms with Gasteiger partial charge in [0.05, 0.1) is 38.8 Å². The van der Waals surface area contributed by atoms with Crippen molar-refractivity contribution in [1.82, 2.24) is 14.9 Å². The van der Waals surface area contributed by atoms with Gasteiger partial charge in [0.25, 0.3) is 5.88 Å². The number of nitrogen functional groups attached to an aromatic ring is 1. The molecule has 0 saturated carbocycles. The van der Waals surface area contributed by atoms with E-state index in [4.69, 9.17) is 19.9 Å². The molecule has 25 heavy (non-hydrogen) atoms. The Morgan fingerprint density at radius 3 is 2.60 bits per heavy atom. The molecular formula is C18H24N4O3. The second kappa shape index (κ2) is 7.67. The largest absolute Gasteiger partial charge is 0.497 e. The zero-order valence-electron chi connectivity index (χ0n) is 14.9. The zero-order valence-corrected chi connectivity index (χ0v) is 14.9. The van der Waals surface area contributed by atoms with Gasteiger partial charge in [0, 0.05) is 25.2 Å². The van der Waals surface area contributed by atoms with Crippen LogP contribution < -0.4 is 15.2 Å². The van der Waals surface area contributed by atoms with Gasteiger partial charge in [0.15, 0.2) is 5.82 Å². The van der Waals surface area contributed by atoms with Gasteiger partial charge in [-0.05, 0) is 30.7 Å². The Bertz CT molecular complexity index is 745. The number of ether oxygens (including phenoxy) is 3. The van der Waals surface area contributed by atoms with E-state index in [2.05, 4.69) is 20.9 Å². The van der Waals surface area contributed by atoms with Crippen molar-refractivity contribution in [3.8, 4) is 22.9 Å². The van der Waals surface area contributed by atoms with Crippen molar-refractivity contribution < 1.29 is 14.2 Å². The van der Waals surface area contributed by atoms with E-state index in [1.54, 1.807) is 14.2 Å². The van der Waals surface area contributed by atoms with Gasteiger partial charge in [-0.2, -0.15) is 0 Å². The Hall–Kier alpha value is -2.38. The summed E-state index contributed by atoms with van der Waals surface area (Å²) in [6, 6.07) is 6.00. The van der Waals surface area contributed by atoms with E-state index in [1.807, 2.05) is 19.1 Å². The molecule has 1 aromatic carbocycles. The second-order valence-corrected chi connectivity index (χ2v) is 5.96. The van der Waals surface area contributed by atoms with E-state index in [0.29, 0.717) is 11.7 Å². The minimum absolute atomic E-state index is 0.298. The lowest BCUT2D eigenvalue weighted by Gasteiger charge is -2.27. The van der Waals surface area contributed by atoms with Crippen molar-refractivity contribution in [3.63, 3.8) is 0 Å². The molecule has 0 amide bonds. The van der Waals surface area contributed by atoms with Crippen LogP contribution >= 0.6 is 0 Å². The van der Waals surface area contributed by atoms with Gasteiger partial charge in [-0.1, -0.05) is 0 Å². The zero-order chi connectivity index (χ0) is 17.8. The number of morpholine rings is 1. The minimum Gasteiger partial charge on any atom is -0.497 e. The van der Waals surface area contributed by atoms with E-state index in [1.165, 1.54) is 0 Å². The Morgan fingerprint density at radius 1 is 1.16 bits per heavy atom. The predicted molar refractivity (Wildman–Crippen MR) is 95.8 cm³/mol. The van der Waals surface area contributed by atoms with Crippen LogP contribution in [0, 0.1) is 6.92 Å². The first-order chi connectivity index (χ1) is 12.1. The fourth-order valence-corrected chi connectivity index (χ4v) is 2.99. The topological polar surface area (TPSA) is 82.7 Å². The van der Waals surface area contributed by atoms with Crippen molar-refractivity contribution in [2.45, 2.75) is 13.5 Å². The molecule has 0 aliphatic carbocycles. The van der Waals surface area contributed by atoms with Crippen LogP contribution in [-0.4, -0.2) is 55.4 Å². The van der Waals surface area contributed by atoms with Crippen molar-refractivity contribution >= 4 is 5.82 Å². The molecule has 1 saturated heterocycles. The van der Waals surface area contributed by atoms with Gasteiger partial charge in [-0.25, -0.2) is 9.97 Å². The molecular weight excluding hydrogens is 320 g/mol. The van der Waals surface area contributed by atoms with Crippen molar-refractivity contribution in [3.05, 3.63) is 29.5 Å². The summed E-state index contributed by atoms with van der Waals surface area (Å²) < 4.78 is 16.1. The average Bonchev–Trinajstić information content (AvgIpc) is 2.63. The number of hydrogen-bond acceptors (Lipinski definition) is 7. The van der Waals surface area contributed by atoms with E-state index in [-0.39, 0.29) is 0 Å². The highest BCUT2D eigenvalue weighted by atomic mass is 16.5. The number of hydrogen-bond donors (Lipinski definition) is 1. The number of methoxy groups -OCH3 is 2. The molecule has 2 heterocycles. The molecule has 0 atom stereocenters. The lowest BCUT2D eigenvalue weighted by atomic mass is 10.0. The maximum Gasteiger partial charge on any atom is 0.257 e. The molecule has 0 unspecified atom stereocenters. The van der Waals surface area contributed by atoms with Crippen LogP contribution in [0.25, 0.3) is 11.3 Å². The number of nitrogens with two attached hydrogens (primary N) is 1. The van der Waals surface area contributed by atoms with Crippen LogP contribution in [0.5, 0.6) is 11.6 Å². The van der Waals surface area contributed by atoms with Gasteiger partial charge in [0.1, 0.15) is 5.75 Å². The number of benzene rings is 1. The predicted octanol–water partition coefficient (Wildman–Crippen LogP) is 1.88. The number of aryl methyl sites for hydroxylation is 1. The fourth-order valence-electron chi connectivity index (χ4n) is 2.99. The van der Waals surface area contributed by atoms with Crippen LogP contribution in [0.3, 0.4) is 0 Å². The quantitative estimate of drug-likeness (QED) is 0.887. The molecule has 134 valence electrons. The standard InChI is InChI=1S/C18H24N4O3/c1-12-16(21-18(24-3)17(19)20-12)15-5-4-14(23-2)10-13(15)11-22-6-8-25-9-7-22/h4-5,10H,6-9,11H2,1-3H3,(H2,19,20). The average molecular weight is 344 g/mol. The molecule has 7 nitrogen and oxygen atoms in total. The number of nitrogens with zero attached hydrogens (tertiary/aromatic N) is 3. The molecule has 2 N–H and O–H groups in total. The van der Waals surface area contributed by atoms with Crippen molar-refractivity contribution in [2.75, 3.05) is 46.3 Å². The highest BCUT2D eigenvalue weighted by molar-refractivity contribution is 5.68. The summed E-state index contributed by atoms with van der Waals surface area (Å²) in [6.07, 6.45) is 0. The van der Waals surface area contributed by atoms with Crippen LogP contribution in [0.4, 0.5) is 5.82 Å². The third-order valence-electron chi connectivity index (χ3n) is 4.32. The maximum absolute atomic E-state index is 5.87. The maximum atomic E-state index is 5.87. The highest BCUT2D eigenvalue weighted by Gasteiger charge is 2.18. The molecule has 1 aliphatic heterocycles. The lowest BCUT2D eigenvalue weighted by Crippen LogP contribution is -2.35. The SMILES string of the molecule is COc1ccc(-c2nc(OC)c(N)nc2C)c(CN2CCOCC2)c1. The van der Waals surface area contributed by atoms with Crippen molar-refractivity contribution in [1.29, 1.82) is 0 Å². The lowest BCUT2D eigenvalue weighted by molar-refractivity contribution is 0.0342. The first kappa shape index (κ1) is 17.4. The van der Waals surface area contributed by atoms with Crippen LogP contribution in [-0.2, 0) is 11.3 Å². The summed E-state index contributed by atoms with van der Waals surface area (Å²) in [7, 11) is 3.22. The molecule has 0 bridgehead atoms. The Labute approximate surface area is 147 Å². The highest BCUT2D eigenvalue weighted by Crippen LogP contribution is 2.31. The van der Waals surface area contributed by atoms with Crippen molar-refractivity contribution in [2.24, 2.45) is 0 Å². The molecule has 2 aromatic rings. The third-order valence-corrected chi connectivity index (χ3v) is 4.32. The summed E-state index contributed by atoms with van der Waals surface area (Å²) in [5, 5.41) is 0. The summed E-state index contributed by atoms with van der Waals surface area (Å²) in [5.41, 5.74) is 9.56. The van der Waals surface area contributed by atoms with Gasteiger partial charge >= 0.3 is 0 Å². The monoisotopic (exact) mass is 344 g/mol. The first-order valence-corrected chi connectivity index (χ1v) is 8.28. The molecule has 7 heteroatoms. The Kier molecular flexibility index (Phi) is 5.35. The molecule has 1 aliphatic rings. The molecule has 3 rings (SSSR count). The Morgan fingerprint density at radius 2 is 1.92 bits per heavy atom. The van der Waals surface area contributed by atoms with Crippen LogP contribution in [0.1, 0.15) is 11.3 Å². The molecule has 0 radical (unpaired) electrons.